The monoisotopic (exact) mass is 483 g/mol. The molecule has 0 bridgehead atoms. The Bertz CT molecular complexity index is 1410. The molecule has 1 aromatic heterocycles. The number of esters is 1. The molecular weight excluding hydrogens is 457 g/mol. The van der Waals surface area contributed by atoms with Gasteiger partial charge in [0.25, 0.3) is 0 Å². The van der Waals surface area contributed by atoms with Crippen molar-refractivity contribution < 1.29 is 23.1 Å². The molecule has 6 heteroatoms. The maximum atomic E-state index is 15.0. The third kappa shape index (κ3) is 5.81. The molecule has 3 aromatic carbocycles. The predicted molar refractivity (Wildman–Crippen MR) is 138 cm³/mol. The number of rotatable bonds is 7. The highest BCUT2D eigenvalue weighted by atomic mass is 19.1. The zero-order chi connectivity index (χ0) is 25.5. The van der Waals surface area contributed by atoms with Crippen molar-refractivity contribution in [2.45, 2.75) is 26.2 Å². The van der Waals surface area contributed by atoms with Gasteiger partial charge in [0.05, 0.1) is 24.3 Å². The zero-order valence-electron chi connectivity index (χ0n) is 20.1. The van der Waals surface area contributed by atoms with Gasteiger partial charge in [-0.2, -0.15) is 0 Å². The van der Waals surface area contributed by atoms with Crippen LogP contribution in [0, 0.1) is 23.6 Å². The van der Waals surface area contributed by atoms with Gasteiger partial charge in [0.1, 0.15) is 17.2 Å². The second-order valence-corrected chi connectivity index (χ2v) is 8.33. The van der Waals surface area contributed by atoms with Crippen LogP contribution in [0.2, 0.25) is 0 Å². The lowest BCUT2D eigenvalue weighted by Crippen LogP contribution is -2.25. The maximum Gasteiger partial charge on any atom is 0.337 e. The molecule has 0 aliphatic rings. The van der Waals surface area contributed by atoms with Crippen LogP contribution in [0.5, 0.6) is 0 Å². The normalized spacial score (nSPS) is 11.4. The van der Waals surface area contributed by atoms with E-state index < -0.39 is 17.7 Å². The van der Waals surface area contributed by atoms with E-state index in [0.29, 0.717) is 36.1 Å². The number of para-hydroxylation sites is 1. The molecular formula is C30H26FNO4. The molecule has 36 heavy (non-hydrogen) atoms. The van der Waals surface area contributed by atoms with Crippen LogP contribution in [0.25, 0.3) is 22.3 Å². The topological polar surface area (TPSA) is 68.5 Å². The average Bonchev–Trinajstić information content (AvgIpc) is 3.33. The number of ether oxygens (including phenoxy) is 1. The smallest absolute Gasteiger partial charge is 0.337 e. The summed E-state index contributed by atoms with van der Waals surface area (Å²) in [6, 6.07) is 20.9. The predicted octanol–water partition coefficient (Wildman–Crippen LogP) is 6.63. The molecule has 1 heterocycles. The first kappa shape index (κ1) is 24.7. The van der Waals surface area contributed by atoms with Crippen LogP contribution in [0.15, 0.2) is 77.2 Å². The fourth-order valence-corrected chi connectivity index (χ4v) is 3.89. The summed E-state index contributed by atoms with van der Waals surface area (Å²) in [5.41, 5.74) is 2.69. The molecule has 182 valence electrons. The third-order valence-corrected chi connectivity index (χ3v) is 5.82. The molecule has 0 radical (unpaired) electrons. The van der Waals surface area contributed by atoms with Crippen molar-refractivity contribution in [1.29, 1.82) is 0 Å². The second kappa shape index (κ2) is 11.4. The number of anilines is 1. The van der Waals surface area contributed by atoms with Crippen molar-refractivity contribution in [2.75, 3.05) is 12.4 Å². The van der Waals surface area contributed by atoms with Gasteiger partial charge in [-0.05, 0) is 54.4 Å². The summed E-state index contributed by atoms with van der Waals surface area (Å²) in [5, 5.41) is 3.65. The number of carbonyl (C=O) groups excluding carboxylic acids is 2. The second-order valence-electron chi connectivity index (χ2n) is 8.33. The number of carbonyl (C=O) groups is 2. The van der Waals surface area contributed by atoms with Gasteiger partial charge in [-0.25, -0.2) is 9.18 Å². The number of hydrogen-bond donors (Lipinski definition) is 1. The van der Waals surface area contributed by atoms with E-state index in [9.17, 15) is 14.0 Å². The molecule has 0 saturated carbocycles. The standard InChI is InChI=1S/C30H26FNO4/c1-3-4-5-9-24(17-20-11-13-21(14-12-20)30(34)35-2)29(33)32-26-16-15-23(18-25(26)31)28-19-22-8-6-7-10-27(22)36-28/h6-8,10-16,18-19,24H,3,9,17H2,1-2H3,(H,32,33). The molecule has 0 aliphatic heterocycles. The van der Waals surface area contributed by atoms with Crippen LogP contribution in [-0.4, -0.2) is 19.0 Å². The van der Waals surface area contributed by atoms with Crippen LogP contribution in [-0.2, 0) is 16.0 Å². The molecule has 1 unspecified atom stereocenters. The van der Waals surface area contributed by atoms with Crippen molar-refractivity contribution in [3.63, 3.8) is 0 Å². The van der Waals surface area contributed by atoms with Crippen LogP contribution < -0.4 is 5.32 Å². The summed E-state index contributed by atoms with van der Waals surface area (Å²) >= 11 is 0. The third-order valence-electron chi connectivity index (χ3n) is 5.82. The first-order valence-electron chi connectivity index (χ1n) is 11.7. The van der Waals surface area contributed by atoms with Gasteiger partial charge in [-0.15, -0.1) is 11.8 Å². The number of halogens is 1. The van der Waals surface area contributed by atoms with Gasteiger partial charge in [-0.3, -0.25) is 4.79 Å². The van der Waals surface area contributed by atoms with E-state index in [1.54, 1.807) is 30.3 Å². The van der Waals surface area contributed by atoms with Gasteiger partial charge in [0.15, 0.2) is 0 Å². The van der Waals surface area contributed by atoms with Crippen LogP contribution in [0.4, 0.5) is 10.1 Å². The highest BCUT2D eigenvalue weighted by molar-refractivity contribution is 5.93. The summed E-state index contributed by atoms with van der Waals surface area (Å²) < 4.78 is 25.5. The van der Waals surface area contributed by atoms with Crippen molar-refractivity contribution in [1.82, 2.24) is 0 Å². The van der Waals surface area contributed by atoms with E-state index in [2.05, 4.69) is 17.2 Å². The molecule has 1 N–H and O–H groups in total. The summed E-state index contributed by atoms with van der Waals surface area (Å²) in [5.74, 6) is 4.76. The fraction of sp³-hybridized carbons (Fsp3) is 0.200. The van der Waals surface area contributed by atoms with Crippen molar-refractivity contribution in [3.8, 4) is 23.2 Å². The van der Waals surface area contributed by atoms with Crippen molar-refractivity contribution >= 4 is 28.5 Å². The average molecular weight is 484 g/mol. The first-order chi connectivity index (χ1) is 17.5. The van der Waals surface area contributed by atoms with Gasteiger partial charge in [0.2, 0.25) is 5.91 Å². The summed E-state index contributed by atoms with van der Waals surface area (Å²) in [6.07, 6.45) is 1.40. The van der Waals surface area contributed by atoms with E-state index in [1.807, 2.05) is 37.3 Å². The Kier molecular flexibility index (Phi) is 7.82. The van der Waals surface area contributed by atoms with Crippen LogP contribution in [0.3, 0.4) is 0 Å². The zero-order valence-corrected chi connectivity index (χ0v) is 20.1. The lowest BCUT2D eigenvalue weighted by Gasteiger charge is -2.16. The Morgan fingerprint density at radius 1 is 1.03 bits per heavy atom. The highest BCUT2D eigenvalue weighted by Gasteiger charge is 2.20. The molecule has 4 aromatic rings. The number of furan rings is 1. The van der Waals surface area contributed by atoms with Gasteiger partial charge < -0.3 is 14.5 Å². The quantitative estimate of drug-likeness (QED) is 0.237. The molecule has 0 aliphatic carbocycles. The number of benzene rings is 3. The Morgan fingerprint density at radius 2 is 1.81 bits per heavy atom. The SMILES string of the molecule is CCC#CCC(Cc1ccc(C(=O)OC)cc1)C(=O)Nc1ccc(-c2cc3ccccc3o2)cc1F. The number of hydrogen-bond acceptors (Lipinski definition) is 4. The summed E-state index contributed by atoms with van der Waals surface area (Å²) in [4.78, 5) is 24.8. The van der Waals surface area contributed by atoms with Crippen molar-refractivity contribution in [2.24, 2.45) is 5.92 Å². The summed E-state index contributed by atoms with van der Waals surface area (Å²) in [7, 11) is 1.32. The molecule has 0 spiro atoms. The molecule has 1 atom stereocenters. The number of methoxy groups -OCH3 is 1. The van der Waals surface area contributed by atoms with E-state index in [4.69, 9.17) is 9.15 Å². The number of fused-ring (bicyclic) bond motifs is 1. The minimum absolute atomic E-state index is 0.0920. The summed E-state index contributed by atoms with van der Waals surface area (Å²) in [6.45, 7) is 1.94. The van der Waals surface area contributed by atoms with E-state index in [0.717, 1.165) is 16.5 Å². The largest absolute Gasteiger partial charge is 0.465 e. The lowest BCUT2D eigenvalue weighted by atomic mass is 9.94. The Labute approximate surface area is 209 Å². The van der Waals surface area contributed by atoms with Gasteiger partial charge in [0, 0.05) is 23.8 Å². The first-order valence-corrected chi connectivity index (χ1v) is 11.7. The highest BCUT2D eigenvalue weighted by Crippen LogP contribution is 2.30. The van der Waals surface area contributed by atoms with Crippen LogP contribution in [0.1, 0.15) is 35.7 Å². The fourth-order valence-electron chi connectivity index (χ4n) is 3.89. The number of amides is 1. The molecule has 1 amide bonds. The van der Waals surface area contributed by atoms with Gasteiger partial charge in [-0.1, -0.05) is 37.3 Å². The number of nitrogens with one attached hydrogen (secondary N) is 1. The molecule has 5 nitrogen and oxygen atoms in total. The Balaban J connectivity index is 1.50. The minimum Gasteiger partial charge on any atom is -0.465 e. The Morgan fingerprint density at radius 3 is 2.50 bits per heavy atom. The van der Waals surface area contributed by atoms with E-state index >= 15 is 0 Å². The molecule has 0 fully saturated rings. The molecule has 0 saturated heterocycles. The van der Waals surface area contributed by atoms with E-state index in [1.165, 1.54) is 19.2 Å². The van der Waals surface area contributed by atoms with Crippen LogP contribution >= 0.6 is 0 Å². The van der Waals surface area contributed by atoms with Crippen molar-refractivity contribution in [3.05, 3.63) is 89.7 Å². The minimum atomic E-state index is -0.554. The van der Waals surface area contributed by atoms with E-state index in [-0.39, 0.29) is 11.6 Å². The lowest BCUT2D eigenvalue weighted by molar-refractivity contribution is -0.119. The Hall–Kier alpha value is -4.37. The maximum absolute atomic E-state index is 15.0. The van der Waals surface area contributed by atoms with Gasteiger partial charge >= 0.3 is 5.97 Å². The molecule has 4 rings (SSSR count).